The average molecular weight is 269 g/mol. The molecule has 0 aliphatic rings. The summed E-state index contributed by atoms with van der Waals surface area (Å²) in [6.07, 6.45) is 0. The van der Waals surface area contributed by atoms with Crippen molar-refractivity contribution >= 4 is 33.1 Å². The predicted molar refractivity (Wildman–Crippen MR) is 85.3 cm³/mol. The van der Waals surface area contributed by atoms with Gasteiger partial charge in [0.25, 0.3) is 0 Å². The molecule has 0 amide bonds. The molecule has 0 saturated carbocycles. The molecule has 0 N–H and O–H groups in total. The number of fused-ring (bicyclic) bond motifs is 3. The van der Waals surface area contributed by atoms with Crippen LogP contribution in [0.25, 0.3) is 21.5 Å². The Morgan fingerprint density at radius 1 is 0.842 bits per heavy atom. The van der Waals surface area contributed by atoms with Crippen molar-refractivity contribution in [2.24, 2.45) is 0 Å². The third-order valence-corrected chi connectivity index (χ3v) is 4.03. The third-order valence-electron chi connectivity index (χ3n) is 3.81. The van der Waals surface area contributed by atoms with E-state index in [1.807, 2.05) is 6.07 Å². The lowest BCUT2D eigenvalue weighted by Gasteiger charge is -2.10. The number of aryl methyl sites for hydroxylation is 1. The standard InChI is InChI=1S/C18H17Cl/c1-11(2)13-4-7-17-14(9-13)5-6-16-12(3)8-15(19)10-18(16)17/h4-11H,1-3H3. The summed E-state index contributed by atoms with van der Waals surface area (Å²) in [5, 5.41) is 5.92. The van der Waals surface area contributed by atoms with Crippen molar-refractivity contribution < 1.29 is 0 Å². The fraction of sp³-hybridized carbons (Fsp3) is 0.222. The van der Waals surface area contributed by atoms with Gasteiger partial charge in [0.15, 0.2) is 0 Å². The molecule has 1 heteroatoms. The second-order valence-corrected chi connectivity index (χ2v) is 5.96. The Labute approximate surface area is 119 Å². The molecule has 19 heavy (non-hydrogen) atoms. The van der Waals surface area contributed by atoms with Gasteiger partial charge in [0, 0.05) is 5.02 Å². The summed E-state index contributed by atoms with van der Waals surface area (Å²) in [6.45, 7) is 6.56. The van der Waals surface area contributed by atoms with Gasteiger partial charge >= 0.3 is 0 Å². The topological polar surface area (TPSA) is 0 Å². The number of hydrogen-bond acceptors (Lipinski definition) is 0. The smallest absolute Gasteiger partial charge is 0.0415 e. The third kappa shape index (κ3) is 2.11. The minimum atomic E-state index is 0.557. The van der Waals surface area contributed by atoms with E-state index in [4.69, 9.17) is 11.6 Å². The molecule has 0 heterocycles. The SMILES string of the molecule is Cc1cc(Cl)cc2c1ccc1cc(C(C)C)ccc12. The Balaban J connectivity index is 2.40. The first-order valence-corrected chi connectivity index (χ1v) is 7.06. The average Bonchev–Trinajstić information content (AvgIpc) is 2.37. The van der Waals surface area contributed by atoms with E-state index in [1.54, 1.807) is 0 Å². The highest BCUT2D eigenvalue weighted by Crippen LogP contribution is 2.31. The molecule has 0 fully saturated rings. The summed E-state index contributed by atoms with van der Waals surface area (Å²) < 4.78 is 0. The molecule has 0 unspecified atom stereocenters. The zero-order chi connectivity index (χ0) is 13.6. The number of hydrogen-bond donors (Lipinski definition) is 0. The van der Waals surface area contributed by atoms with E-state index >= 15 is 0 Å². The predicted octanol–water partition coefficient (Wildman–Crippen LogP) is 6.08. The van der Waals surface area contributed by atoms with Crippen molar-refractivity contribution in [1.29, 1.82) is 0 Å². The summed E-state index contributed by atoms with van der Waals surface area (Å²) in [6, 6.07) is 15.2. The number of benzene rings is 3. The normalized spacial score (nSPS) is 11.6. The van der Waals surface area contributed by atoms with E-state index in [2.05, 4.69) is 57.2 Å². The van der Waals surface area contributed by atoms with Crippen molar-refractivity contribution in [1.82, 2.24) is 0 Å². The van der Waals surface area contributed by atoms with Crippen LogP contribution < -0.4 is 0 Å². The van der Waals surface area contributed by atoms with E-state index < -0.39 is 0 Å². The molecule has 0 aliphatic carbocycles. The van der Waals surface area contributed by atoms with Crippen molar-refractivity contribution in [3.05, 3.63) is 58.6 Å². The Bertz CT molecular complexity index is 769. The first-order chi connectivity index (χ1) is 9.06. The highest BCUT2D eigenvalue weighted by atomic mass is 35.5. The molecule has 96 valence electrons. The monoisotopic (exact) mass is 268 g/mol. The van der Waals surface area contributed by atoms with Crippen molar-refractivity contribution in [2.75, 3.05) is 0 Å². The summed E-state index contributed by atoms with van der Waals surface area (Å²) in [7, 11) is 0. The quantitative estimate of drug-likeness (QED) is 0.469. The van der Waals surface area contributed by atoms with Crippen molar-refractivity contribution in [3.8, 4) is 0 Å². The van der Waals surface area contributed by atoms with Crippen LogP contribution in [0.15, 0.2) is 42.5 Å². The maximum absolute atomic E-state index is 6.21. The maximum atomic E-state index is 6.21. The van der Waals surface area contributed by atoms with Crippen LogP contribution in [0, 0.1) is 6.92 Å². The van der Waals surface area contributed by atoms with Gasteiger partial charge in [0.1, 0.15) is 0 Å². The van der Waals surface area contributed by atoms with Crippen LogP contribution in [0.1, 0.15) is 30.9 Å². The van der Waals surface area contributed by atoms with Gasteiger partial charge in [0.05, 0.1) is 0 Å². The molecule has 0 saturated heterocycles. The van der Waals surface area contributed by atoms with Gasteiger partial charge in [-0.1, -0.05) is 55.8 Å². The van der Waals surface area contributed by atoms with Crippen LogP contribution in [0.2, 0.25) is 5.02 Å². The van der Waals surface area contributed by atoms with Crippen LogP contribution in [0.5, 0.6) is 0 Å². The Hall–Kier alpha value is -1.53. The van der Waals surface area contributed by atoms with E-state index in [0.717, 1.165) is 5.02 Å². The molecule has 0 spiro atoms. The lowest BCUT2D eigenvalue weighted by molar-refractivity contribution is 0.869. The van der Waals surface area contributed by atoms with Gasteiger partial charge in [-0.05, 0) is 57.6 Å². The lowest BCUT2D eigenvalue weighted by Crippen LogP contribution is -1.88. The molecule has 0 nitrogen and oxygen atoms in total. The van der Waals surface area contributed by atoms with Gasteiger partial charge in [-0.25, -0.2) is 0 Å². The Morgan fingerprint density at radius 3 is 2.32 bits per heavy atom. The van der Waals surface area contributed by atoms with Gasteiger partial charge in [-0.15, -0.1) is 0 Å². The van der Waals surface area contributed by atoms with Crippen LogP contribution in [-0.2, 0) is 0 Å². The number of halogens is 1. The van der Waals surface area contributed by atoms with Crippen LogP contribution in [0.4, 0.5) is 0 Å². The molecular weight excluding hydrogens is 252 g/mol. The Morgan fingerprint density at radius 2 is 1.58 bits per heavy atom. The van der Waals surface area contributed by atoms with Gasteiger partial charge in [0.2, 0.25) is 0 Å². The van der Waals surface area contributed by atoms with Crippen molar-refractivity contribution in [3.63, 3.8) is 0 Å². The van der Waals surface area contributed by atoms with Gasteiger partial charge in [-0.3, -0.25) is 0 Å². The maximum Gasteiger partial charge on any atom is 0.0415 e. The fourth-order valence-corrected chi connectivity index (χ4v) is 2.97. The first kappa shape index (κ1) is 12.5. The highest BCUT2D eigenvalue weighted by molar-refractivity contribution is 6.32. The van der Waals surface area contributed by atoms with Crippen LogP contribution >= 0.6 is 11.6 Å². The minimum absolute atomic E-state index is 0.557. The second kappa shape index (κ2) is 4.54. The highest BCUT2D eigenvalue weighted by Gasteiger charge is 2.06. The molecule has 3 rings (SSSR count). The number of rotatable bonds is 1. The summed E-state index contributed by atoms with van der Waals surface area (Å²) in [5.74, 6) is 0.557. The molecule has 0 bridgehead atoms. The molecule has 0 atom stereocenters. The largest absolute Gasteiger partial charge is 0.0843 e. The molecule has 0 aliphatic heterocycles. The summed E-state index contributed by atoms with van der Waals surface area (Å²) in [5.41, 5.74) is 2.61. The molecule has 3 aromatic rings. The first-order valence-electron chi connectivity index (χ1n) is 6.69. The molecule has 3 aromatic carbocycles. The van der Waals surface area contributed by atoms with Crippen LogP contribution in [-0.4, -0.2) is 0 Å². The van der Waals surface area contributed by atoms with E-state index in [0.29, 0.717) is 5.92 Å². The van der Waals surface area contributed by atoms with Crippen LogP contribution in [0.3, 0.4) is 0 Å². The van der Waals surface area contributed by atoms with E-state index in [1.165, 1.54) is 32.7 Å². The second-order valence-electron chi connectivity index (χ2n) is 5.52. The minimum Gasteiger partial charge on any atom is -0.0843 e. The molecule has 0 aromatic heterocycles. The zero-order valence-corrected chi connectivity index (χ0v) is 12.3. The Kier molecular flexibility index (Phi) is 2.99. The fourth-order valence-electron chi connectivity index (χ4n) is 2.69. The molecular formula is C18H17Cl. The van der Waals surface area contributed by atoms with E-state index in [9.17, 15) is 0 Å². The zero-order valence-electron chi connectivity index (χ0n) is 11.5. The molecule has 0 radical (unpaired) electrons. The lowest BCUT2D eigenvalue weighted by atomic mass is 9.95. The summed E-state index contributed by atoms with van der Waals surface area (Å²) in [4.78, 5) is 0. The van der Waals surface area contributed by atoms with Gasteiger partial charge < -0.3 is 0 Å². The van der Waals surface area contributed by atoms with Crippen molar-refractivity contribution in [2.45, 2.75) is 26.7 Å². The summed E-state index contributed by atoms with van der Waals surface area (Å²) >= 11 is 6.21. The van der Waals surface area contributed by atoms with E-state index in [-0.39, 0.29) is 0 Å². The van der Waals surface area contributed by atoms with Gasteiger partial charge in [-0.2, -0.15) is 0 Å².